The Balaban J connectivity index is 1.56. The summed E-state index contributed by atoms with van der Waals surface area (Å²) >= 11 is 0. The molecular formula is C35H27NO4. The molecule has 1 unspecified atom stereocenters. The van der Waals surface area contributed by atoms with Crippen molar-refractivity contribution in [2.45, 2.75) is 24.9 Å². The van der Waals surface area contributed by atoms with E-state index in [1.807, 2.05) is 78.6 Å². The summed E-state index contributed by atoms with van der Waals surface area (Å²) in [5.74, 6) is -0.761. The van der Waals surface area contributed by atoms with Crippen LogP contribution < -0.4 is 9.64 Å². The number of anilines is 1. The van der Waals surface area contributed by atoms with Gasteiger partial charge >= 0.3 is 0 Å². The van der Waals surface area contributed by atoms with Gasteiger partial charge in [0.1, 0.15) is 17.2 Å². The number of fused-ring (bicyclic) bond motifs is 5. The van der Waals surface area contributed by atoms with Gasteiger partial charge in [-0.1, -0.05) is 90.5 Å². The van der Waals surface area contributed by atoms with Crippen molar-refractivity contribution >= 4 is 29.1 Å². The molecule has 0 radical (unpaired) electrons. The second-order valence-electron chi connectivity index (χ2n) is 10.8. The van der Waals surface area contributed by atoms with Gasteiger partial charge in [-0.3, -0.25) is 14.4 Å². The van der Waals surface area contributed by atoms with Crippen molar-refractivity contribution in [3.63, 3.8) is 0 Å². The molecule has 2 heterocycles. The molecule has 3 aliphatic rings. The van der Waals surface area contributed by atoms with E-state index in [9.17, 15) is 14.4 Å². The predicted octanol–water partition coefficient (Wildman–Crippen LogP) is 6.32. The maximum Gasteiger partial charge on any atom is 0.185 e. The predicted molar refractivity (Wildman–Crippen MR) is 154 cm³/mol. The highest BCUT2D eigenvalue weighted by molar-refractivity contribution is 6.32. The van der Waals surface area contributed by atoms with Crippen LogP contribution in [0.3, 0.4) is 0 Å². The van der Waals surface area contributed by atoms with Crippen molar-refractivity contribution in [2.75, 3.05) is 12.0 Å². The van der Waals surface area contributed by atoms with E-state index in [-0.39, 0.29) is 17.3 Å². The Kier molecular flexibility index (Phi) is 5.39. The van der Waals surface area contributed by atoms with Crippen LogP contribution in [0.15, 0.2) is 103 Å². The normalized spacial score (nSPS) is 21.8. The third kappa shape index (κ3) is 3.18. The van der Waals surface area contributed by atoms with Crippen LogP contribution in [0.5, 0.6) is 5.75 Å². The van der Waals surface area contributed by atoms with Crippen molar-refractivity contribution in [1.29, 1.82) is 0 Å². The van der Waals surface area contributed by atoms with Crippen LogP contribution >= 0.6 is 0 Å². The quantitative estimate of drug-likeness (QED) is 0.231. The van der Waals surface area contributed by atoms with Gasteiger partial charge in [0.05, 0.1) is 13.2 Å². The van der Waals surface area contributed by atoms with Gasteiger partial charge in [0.2, 0.25) is 0 Å². The Labute approximate surface area is 232 Å². The van der Waals surface area contributed by atoms with Gasteiger partial charge in [-0.15, -0.1) is 0 Å². The van der Waals surface area contributed by atoms with Crippen LogP contribution in [0.2, 0.25) is 0 Å². The summed E-state index contributed by atoms with van der Waals surface area (Å²) in [7, 11) is 1.59. The Morgan fingerprint density at radius 2 is 1.52 bits per heavy atom. The minimum Gasteiger partial charge on any atom is -0.497 e. The summed E-state index contributed by atoms with van der Waals surface area (Å²) in [5.41, 5.74) is 3.45. The third-order valence-corrected chi connectivity index (χ3v) is 8.74. The number of rotatable bonds is 4. The first kappa shape index (κ1) is 24.3. The Hall–Kier alpha value is -4.77. The second-order valence-corrected chi connectivity index (χ2v) is 10.8. The lowest BCUT2D eigenvalue weighted by Gasteiger charge is -2.37. The molecule has 40 heavy (non-hydrogen) atoms. The number of nitrogens with zero attached hydrogens (tertiary/aromatic N) is 1. The van der Waals surface area contributed by atoms with Crippen LogP contribution in [0.25, 0.3) is 6.08 Å². The molecule has 0 N–H and O–H groups in total. The van der Waals surface area contributed by atoms with E-state index in [1.165, 1.54) is 0 Å². The fraction of sp³-hybridized carbons (Fsp3) is 0.171. The van der Waals surface area contributed by atoms with Crippen molar-refractivity contribution in [3.8, 4) is 5.75 Å². The summed E-state index contributed by atoms with van der Waals surface area (Å²) in [6.07, 6.45) is 3.95. The van der Waals surface area contributed by atoms with Crippen molar-refractivity contribution < 1.29 is 19.1 Å². The standard InChI is InChI=1S/C35H27NO4/c1-21-15-17-28-23(19-21)16-18-29-35(33(38)26-13-6-7-14-27(26)34(35)39)30(24-11-8-12-25(20-24)40-2)31(36(28)29)32(37)22-9-4-3-5-10-22/h3-20,29-31H,1-2H3/t29?,30-,31+/m0/s1. The number of methoxy groups -OCH3 is 1. The van der Waals surface area contributed by atoms with E-state index in [0.29, 0.717) is 22.4 Å². The van der Waals surface area contributed by atoms with E-state index >= 15 is 0 Å². The zero-order valence-corrected chi connectivity index (χ0v) is 22.2. The summed E-state index contributed by atoms with van der Waals surface area (Å²) < 4.78 is 5.57. The summed E-state index contributed by atoms with van der Waals surface area (Å²) in [6, 6.07) is 28.3. The highest BCUT2D eigenvalue weighted by Gasteiger charge is 2.71. The molecule has 0 bridgehead atoms. The lowest BCUT2D eigenvalue weighted by Crippen LogP contribution is -2.48. The molecule has 196 valence electrons. The minimum absolute atomic E-state index is 0.131. The van der Waals surface area contributed by atoms with Gasteiger partial charge in [-0.25, -0.2) is 0 Å². The summed E-state index contributed by atoms with van der Waals surface area (Å²) in [4.78, 5) is 46.0. The summed E-state index contributed by atoms with van der Waals surface area (Å²) in [5, 5.41) is 0. The van der Waals surface area contributed by atoms with Crippen LogP contribution in [0.1, 0.15) is 53.7 Å². The number of ether oxygens (including phenoxy) is 1. The Morgan fingerprint density at radius 3 is 2.23 bits per heavy atom. The molecule has 2 aliphatic heterocycles. The molecule has 4 aromatic rings. The Bertz CT molecular complexity index is 1700. The van der Waals surface area contributed by atoms with E-state index < -0.39 is 23.4 Å². The van der Waals surface area contributed by atoms with Gasteiger partial charge in [0.15, 0.2) is 17.3 Å². The van der Waals surface area contributed by atoms with Gasteiger partial charge in [-0.05, 0) is 42.3 Å². The van der Waals surface area contributed by atoms with Gasteiger partial charge in [-0.2, -0.15) is 0 Å². The molecular weight excluding hydrogens is 498 g/mol. The number of hydrogen-bond donors (Lipinski definition) is 0. The zero-order valence-electron chi connectivity index (χ0n) is 22.2. The molecule has 3 atom stereocenters. The minimum atomic E-state index is -1.52. The van der Waals surface area contributed by atoms with E-state index in [2.05, 4.69) is 6.07 Å². The van der Waals surface area contributed by atoms with Crippen LogP contribution in [-0.2, 0) is 0 Å². The molecule has 0 saturated carbocycles. The number of hydrogen-bond acceptors (Lipinski definition) is 5. The van der Waals surface area contributed by atoms with Gasteiger partial charge in [0, 0.05) is 28.3 Å². The molecule has 1 aliphatic carbocycles. The first-order valence-corrected chi connectivity index (χ1v) is 13.5. The van der Waals surface area contributed by atoms with Crippen LogP contribution in [0.4, 0.5) is 5.69 Å². The fourth-order valence-corrected chi connectivity index (χ4v) is 7.08. The third-order valence-electron chi connectivity index (χ3n) is 8.74. The Morgan fingerprint density at radius 1 is 0.825 bits per heavy atom. The largest absolute Gasteiger partial charge is 0.497 e. The molecule has 1 saturated heterocycles. The average Bonchev–Trinajstić information content (AvgIpc) is 3.43. The molecule has 0 aromatic heterocycles. The molecule has 4 aromatic carbocycles. The average molecular weight is 526 g/mol. The fourth-order valence-electron chi connectivity index (χ4n) is 7.08. The lowest BCUT2D eigenvalue weighted by atomic mass is 9.64. The number of Topliss-reactive ketones (excluding diaryl/α,β-unsaturated/α-hetero) is 3. The van der Waals surface area contributed by atoms with Gasteiger partial charge < -0.3 is 9.64 Å². The molecule has 1 spiro atoms. The number of ketones is 3. The molecule has 5 nitrogen and oxygen atoms in total. The number of aryl methyl sites for hydroxylation is 1. The number of carbonyl (C=O) groups is 3. The monoisotopic (exact) mass is 525 g/mol. The van der Waals surface area contributed by atoms with Gasteiger partial charge in [0.25, 0.3) is 0 Å². The topological polar surface area (TPSA) is 63.7 Å². The zero-order chi connectivity index (χ0) is 27.6. The highest BCUT2D eigenvalue weighted by Crippen LogP contribution is 2.61. The second kappa shape index (κ2) is 8.88. The number of benzene rings is 4. The summed E-state index contributed by atoms with van der Waals surface area (Å²) in [6.45, 7) is 2.03. The number of carbonyl (C=O) groups excluding carboxylic acids is 3. The molecule has 7 rings (SSSR count). The maximum atomic E-state index is 14.7. The lowest BCUT2D eigenvalue weighted by molar-refractivity contribution is 0.0665. The molecule has 5 heteroatoms. The van der Waals surface area contributed by atoms with E-state index in [1.54, 1.807) is 43.5 Å². The van der Waals surface area contributed by atoms with E-state index in [4.69, 9.17) is 4.74 Å². The van der Waals surface area contributed by atoms with Crippen molar-refractivity contribution in [1.82, 2.24) is 0 Å². The first-order valence-electron chi connectivity index (χ1n) is 13.5. The van der Waals surface area contributed by atoms with Crippen LogP contribution in [-0.4, -0.2) is 36.5 Å². The SMILES string of the molecule is COc1cccc([C@H]2[C@H](C(=O)c3ccccc3)N3c4ccc(C)cc4C=CC3C23C(=O)c2ccccc2C3=O)c1. The van der Waals surface area contributed by atoms with E-state index in [0.717, 1.165) is 22.4 Å². The van der Waals surface area contributed by atoms with Crippen molar-refractivity contribution in [2.24, 2.45) is 5.41 Å². The van der Waals surface area contributed by atoms with Crippen LogP contribution in [0, 0.1) is 12.3 Å². The highest BCUT2D eigenvalue weighted by atomic mass is 16.5. The first-order chi connectivity index (χ1) is 19.5. The smallest absolute Gasteiger partial charge is 0.185 e. The molecule has 1 fully saturated rings. The molecule has 0 amide bonds. The van der Waals surface area contributed by atoms with Crippen molar-refractivity contribution in [3.05, 3.63) is 137 Å². The maximum absolute atomic E-state index is 14.7.